The molecule has 130 valence electrons. The highest BCUT2D eigenvalue weighted by Crippen LogP contribution is 2.25. The molecule has 1 aromatic heterocycles. The Morgan fingerprint density at radius 3 is 2.31 bits per heavy atom. The summed E-state index contributed by atoms with van der Waals surface area (Å²) < 4.78 is 1.98. The van der Waals surface area contributed by atoms with Crippen molar-refractivity contribution in [2.45, 2.75) is 6.04 Å². The molecule has 5 nitrogen and oxygen atoms in total. The summed E-state index contributed by atoms with van der Waals surface area (Å²) in [5.74, 6) is -0.271. The molecule has 5 heteroatoms. The second kappa shape index (κ2) is 6.88. The summed E-state index contributed by atoms with van der Waals surface area (Å²) in [6, 6.07) is 20.2. The van der Waals surface area contributed by atoms with Crippen molar-refractivity contribution in [1.82, 2.24) is 14.8 Å². The zero-order chi connectivity index (χ0) is 17.9. The largest absolute Gasteiger partial charge is 0.352 e. The monoisotopic (exact) mass is 345 g/mol. The third-order valence-corrected chi connectivity index (χ3v) is 4.60. The molecule has 2 aromatic carbocycles. The minimum absolute atomic E-state index is 0.132. The number of hydrogen-bond acceptors (Lipinski definition) is 2. The predicted octanol–water partition coefficient (Wildman–Crippen LogP) is 2.79. The van der Waals surface area contributed by atoms with Gasteiger partial charge in [-0.05, 0) is 42.0 Å². The van der Waals surface area contributed by atoms with Crippen LogP contribution in [0.4, 0.5) is 0 Å². The fraction of sp³-hybridized carbons (Fsp3) is 0.143. The minimum atomic E-state index is -0.596. The van der Waals surface area contributed by atoms with E-state index in [4.69, 9.17) is 0 Å². The molecule has 4 rings (SSSR count). The molecule has 26 heavy (non-hydrogen) atoms. The zero-order valence-corrected chi connectivity index (χ0v) is 14.2. The first kappa shape index (κ1) is 16.1. The Morgan fingerprint density at radius 1 is 0.923 bits per heavy atom. The van der Waals surface area contributed by atoms with Crippen molar-refractivity contribution in [1.29, 1.82) is 0 Å². The van der Waals surface area contributed by atoms with Gasteiger partial charge >= 0.3 is 0 Å². The minimum Gasteiger partial charge on any atom is -0.352 e. The van der Waals surface area contributed by atoms with Crippen molar-refractivity contribution in [3.8, 4) is 5.69 Å². The highest BCUT2D eigenvalue weighted by atomic mass is 16.2. The van der Waals surface area contributed by atoms with Crippen LogP contribution in [0.25, 0.3) is 5.69 Å². The number of carbonyl (C=O) groups is 2. The molecule has 2 amide bonds. The summed E-state index contributed by atoms with van der Waals surface area (Å²) in [6.45, 7) is 0.957. The van der Waals surface area contributed by atoms with Crippen molar-refractivity contribution in [2.24, 2.45) is 0 Å². The molecule has 0 radical (unpaired) electrons. The molecule has 0 spiro atoms. The van der Waals surface area contributed by atoms with Crippen molar-refractivity contribution >= 4 is 11.8 Å². The van der Waals surface area contributed by atoms with Gasteiger partial charge < -0.3 is 14.8 Å². The Hall–Kier alpha value is -3.34. The van der Waals surface area contributed by atoms with Crippen LogP contribution in [0.15, 0.2) is 79.1 Å². The smallest absolute Gasteiger partial charge is 0.254 e. The van der Waals surface area contributed by atoms with Crippen LogP contribution in [0.2, 0.25) is 0 Å². The van der Waals surface area contributed by atoms with Gasteiger partial charge in [0, 0.05) is 36.7 Å². The number of carbonyl (C=O) groups excluding carboxylic acids is 2. The van der Waals surface area contributed by atoms with Gasteiger partial charge in [-0.3, -0.25) is 9.59 Å². The molecule has 3 aromatic rings. The summed E-state index contributed by atoms with van der Waals surface area (Å²) in [5, 5.41) is 2.86. The second-order valence-electron chi connectivity index (χ2n) is 6.24. The highest BCUT2D eigenvalue weighted by molar-refractivity contribution is 5.98. The molecule has 0 bridgehead atoms. The van der Waals surface area contributed by atoms with E-state index in [1.807, 2.05) is 83.7 Å². The lowest BCUT2D eigenvalue weighted by Crippen LogP contribution is -2.52. The number of benzene rings is 2. The van der Waals surface area contributed by atoms with E-state index in [-0.39, 0.29) is 11.8 Å². The maximum absolute atomic E-state index is 13.1. The molecule has 1 atom stereocenters. The number of piperazine rings is 1. The van der Waals surface area contributed by atoms with Crippen LogP contribution in [-0.2, 0) is 4.79 Å². The molecule has 1 fully saturated rings. The van der Waals surface area contributed by atoms with E-state index in [2.05, 4.69) is 5.32 Å². The molecular weight excluding hydrogens is 326 g/mol. The number of rotatable bonds is 3. The van der Waals surface area contributed by atoms with Gasteiger partial charge in [0.25, 0.3) is 5.91 Å². The van der Waals surface area contributed by atoms with Gasteiger partial charge in [-0.1, -0.05) is 30.3 Å². The molecule has 1 unspecified atom stereocenters. The summed E-state index contributed by atoms with van der Waals surface area (Å²) >= 11 is 0. The Morgan fingerprint density at radius 2 is 1.62 bits per heavy atom. The third kappa shape index (κ3) is 2.99. The Labute approximate surface area is 151 Å². The van der Waals surface area contributed by atoms with Crippen molar-refractivity contribution in [3.05, 3.63) is 90.3 Å². The van der Waals surface area contributed by atoms with Crippen LogP contribution in [0, 0.1) is 0 Å². The van der Waals surface area contributed by atoms with Gasteiger partial charge in [-0.2, -0.15) is 0 Å². The van der Waals surface area contributed by atoms with Gasteiger partial charge in [0.2, 0.25) is 5.91 Å². The lowest BCUT2D eigenvalue weighted by atomic mass is 10.0. The molecule has 0 saturated carbocycles. The standard InChI is InChI=1S/C21H19N3O2/c25-20-19(16-6-2-1-3-7-16)24(15-12-22-20)21(26)17-8-10-18(11-9-17)23-13-4-5-14-23/h1-11,13-14,19H,12,15H2,(H,22,25). The summed E-state index contributed by atoms with van der Waals surface area (Å²) in [4.78, 5) is 27.2. The van der Waals surface area contributed by atoms with Crippen molar-refractivity contribution in [3.63, 3.8) is 0 Å². The van der Waals surface area contributed by atoms with Crippen LogP contribution in [0.1, 0.15) is 22.0 Å². The zero-order valence-electron chi connectivity index (χ0n) is 14.2. The first-order valence-electron chi connectivity index (χ1n) is 8.61. The van der Waals surface area contributed by atoms with Crippen LogP contribution in [0.5, 0.6) is 0 Å². The summed E-state index contributed by atoms with van der Waals surface area (Å²) in [7, 11) is 0. The van der Waals surface area contributed by atoms with Crippen LogP contribution in [-0.4, -0.2) is 34.4 Å². The highest BCUT2D eigenvalue weighted by Gasteiger charge is 2.34. The van der Waals surface area contributed by atoms with Gasteiger partial charge in [-0.15, -0.1) is 0 Å². The Balaban J connectivity index is 1.62. The topological polar surface area (TPSA) is 54.3 Å². The first-order chi connectivity index (χ1) is 12.7. The molecule has 2 heterocycles. The number of hydrogen-bond donors (Lipinski definition) is 1. The fourth-order valence-corrected chi connectivity index (χ4v) is 3.30. The lowest BCUT2D eigenvalue weighted by Gasteiger charge is -2.35. The maximum atomic E-state index is 13.1. The fourth-order valence-electron chi connectivity index (χ4n) is 3.30. The summed E-state index contributed by atoms with van der Waals surface area (Å²) in [5.41, 5.74) is 2.39. The van der Waals surface area contributed by atoms with Crippen LogP contribution in [0.3, 0.4) is 0 Å². The molecule has 1 saturated heterocycles. The summed E-state index contributed by atoms with van der Waals surface area (Å²) in [6.07, 6.45) is 3.91. The normalized spacial score (nSPS) is 17.0. The van der Waals surface area contributed by atoms with Gasteiger partial charge in [0.15, 0.2) is 0 Å². The average Bonchev–Trinajstić information content (AvgIpc) is 3.23. The number of aromatic nitrogens is 1. The number of amides is 2. The van der Waals surface area contributed by atoms with E-state index in [0.717, 1.165) is 11.3 Å². The van der Waals surface area contributed by atoms with E-state index < -0.39 is 6.04 Å². The van der Waals surface area contributed by atoms with Crippen LogP contribution < -0.4 is 5.32 Å². The van der Waals surface area contributed by atoms with E-state index >= 15 is 0 Å². The van der Waals surface area contributed by atoms with E-state index in [9.17, 15) is 9.59 Å². The van der Waals surface area contributed by atoms with E-state index in [1.54, 1.807) is 4.90 Å². The van der Waals surface area contributed by atoms with Gasteiger partial charge in [0.05, 0.1) is 0 Å². The van der Waals surface area contributed by atoms with E-state index in [1.165, 1.54) is 0 Å². The molecule has 0 aliphatic carbocycles. The van der Waals surface area contributed by atoms with Gasteiger partial charge in [-0.25, -0.2) is 0 Å². The Bertz CT molecular complexity index is 902. The van der Waals surface area contributed by atoms with E-state index in [0.29, 0.717) is 18.7 Å². The van der Waals surface area contributed by atoms with Crippen molar-refractivity contribution < 1.29 is 9.59 Å². The molecule has 1 aliphatic heterocycles. The predicted molar refractivity (Wildman–Crippen MR) is 99.0 cm³/mol. The van der Waals surface area contributed by atoms with Crippen molar-refractivity contribution in [2.75, 3.05) is 13.1 Å². The molecular formula is C21H19N3O2. The number of nitrogens with one attached hydrogen (secondary N) is 1. The average molecular weight is 345 g/mol. The molecule has 1 N–H and O–H groups in total. The first-order valence-corrected chi connectivity index (χ1v) is 8.61. The van der Waals surface area contributed by atoms with Gasteiger partial charge in [0.1, 0.15) is 6.04 Å². The maximum Gasteiger partial charge on any atom is 0.254 e. The lowest BCUT2D eigenvalue weighted by molar-refractivity contribution is -0.128. The third-order valence-electron chi connectivity index (χ3n) is 4.60. The van der Waals surface area contributed by atoms with Crippen LogP contribution >= 0.6 is 0 Å². The molecule has 1 aliphatic rings. The SMILES string of the molecule is O=C1NCCN(C(=O)c2ccc(-n3cccc3)cc2)C1c1ccccc1. The number of nitrogens with zero attached hydrogens (tertiary/aromatic N) is 2. The quantitative estimate of drug-likeness (QED) is 0.794. The Kier molecular flexibility index (Phi) is 4.27. The second-order valence-corrected chi connectivity index (χ2v) is 6.24.